The van der Waals surface area contributed by atoms with Gasteiger partial charge in [-0.2, -0.15) is 5.10 Å². The van der Waals surface area contributed by atoms with Gasteiger partial charge in [-0.3, -0.25) is 19.9 Å². The number of benzene rings is 1. The van der Waals surface area contributed by atoms with Crippen LogP contribution in [0.4, 0.5) is 5.69 Å². The van der Waals surface area contributed by atoms with E-state index in [1.165, 1.54) is 30.5 Å². The second-order valence-electron chi connectivity index (χ2n) is 3.79. The van der Waals surface area contributed by atoms with Crippen molar-refractivity contribution in [2.45, 2.75) is 0 Å². The monoisotopic (exact) mass is 270 g/mol. The Morgan fingerprint density at radius 2 is 2.20 bits per heavy atom. The van der Waals surface area contributed by atoms with Crippen LogP contribution < -0.4 is 5.43 Å². The Labute approximate surface area is 114 Å². The molecule has 7 heteroatoms. The van der Waals surface area contributed by atoms with Gasteiger partial charge >= 0.3 is 0 Å². The van der Waals surface area contributed by atoms with Crippen LogP contribution in [0.3, 0.4) is 0 Å². The fraction of sp³-hybridized carbons (Fsp3) is 0. The number of nitrogens with one attached hydrogen (secondary N) is 1. The first kappa shape index (κ1) is 13.3. The molecule has 0 aliphatic carbocycles. The van der Waals surface area contributed by atoms with Crippen molar-refractivity contribution in [2.75, 3.05) is 0 Å². The van der Waals surface area contributed by atoms with Gasteiger partial charge in [-0.1, -0.05) is 12.1 Å². The van der Waals surface area contributed by atoms with Crippen LogP contribution in [0, 0.1) is 10.1 Å². The Kier molecular flexibility index (Phi) is 4.13. The summed E-state index contributed by atoms with van der Waals surface area (Å²) in [5.41, 5.74) is 3.05. The van der Waals surface area contributed by atoms with Crippen LogP contribution in [0.25, 0.3) is 0 Å². The number of pyridine rings is 1. The first-order valence-electron chi connectivity index (χ1n) is 5.65. The Hall–Kier alpha value is -3.09. The molecule has 1 heterocycles. The van der Waals surface area contributed by atoms with E-state index in [1.807, 2.05) is 0 Å². The van der Waals surface area contributed by atoms with Crippen LogP contribution in [-0.2, 0) is 0 Å². The Bertz CT molecular complexity index is 656. The molecule has 100 valence electrons. The van der Waals surface area contributed by atoms with Crippen molar-refractivity contribution in [1.82, 2.24) is 10.4 Å². The molecule has 0 saturated carbocycles. The number of hydrogen-bond donors (Lipinski definition) is 1. The minimum atomic E-state index is -0.560. The second kappa shape index (κ2) is 6.19. The molecule has 0 unspecified atom stereocenters. The average Bonchev–Trinajstić information content (AvgIpc) is 2.48. The largest absolute Gasteiger partial charge is 0.271 e. The SMILES string of the molecule is O=C(NN=Cc1cccnc1)c1cccc([N+](=O)[O-])c1. The fourth-order valence-corrected chi connectivity index (χ4v) is 1.44. The predicted octanol–water partition coefficient (Wildman–Crippen LogP) is 1.75. The van der Waals surface area contributed by atoms with E-state index in [9.17, 15) is 14.9 Å². The number of rotatable bonds is 4. The number of nitro benzene ring substituents is 1. The van der Waals surface area contributed by atoms with E-state index in [0.717, 1.165) is 5.56 Å². The molecule has 0 atom stereocenters. The summed E-state index contributed by atoms with van der Waals surface area (Å²) in [7, 11) is 0. The lowest BCUT2D eigenvalue weighted by Gasteiger charge is -1.99. The summed E-state index contributed by atoms with van der Waals surface area (Å²) >= 11 is 0. The number of aromatic nitrogens is 1. The van der Waals surface area contributed by atoms with Gasteiger partial charge in [0.25, 0.3) is 11.6 Å². The van der Waals surface area contributed by atoms with E-state index in [1.54, 1.807) is 24.5 Å². The molecule has 0 aliphatic heterocycles. The first-order chi connectivity index (χ1) is 9.66. The zero-order valence-corrected chi connectivity index (χ0v) is 10.3. The predicted molar refractivity (Wildman–Crippen MR) is 72.4 cm³/mol. The van der Waals surface area contributed by atoms with Crippen LogP contribution >= 0.6 is 0 Å². The van der Waals surface area contributed by atoms with Crippen molar-refractivity contribution in [2.24, 2.45) is 5.10 Å². The Morgan fingerprint density at radius 1 is 1.35 bits per heavy atom. The zero-order valence-electron chi connectivity index (χ0n) is 10.3. The molecule has 0 bridgehead atoms. The van der Waals surface area contributed by atoms with Gasteiger partial charge in [0.05, 0.1) is 11.1 Å². The van der Waals surface area contributed by atoms with Gasteiger partial charge in [-0.25, -0.2) is 5.43 Å². The number of carbonyl (C=O) groups is 1. The number of carbonyl (C=O) groups excluding carboxylic acids is 1. The highest BCUT2D eigenvalue weighted by atomic mass is 16.6. The topological polar surface area (TPSA) is 97.5 Å². The minimum absolute atomic E-state index is 0.145. The molecule has 0 aliphatic rings. The Balaban J connectivity index is 2.04. The number of nitrogens with zero attached hydrogens (tertiary/aromatic N) is 3. The number of hydrogen-bond acceptors (Lipinski definition) is 5. The van der Waals surface area contributed by atoms with Crippen molar-refractivity contribution in [3.05, 3.63) is 70.0 Å². The molecule has 1 N–H and O–H groups in total. The van der Waals surface area contributed by atoms with E-state index in [2.05, 4.69) is 15.5 Å². The summed E-state index contributed by atoms with van der Waals surface area (Å²) in [4.78, 5) is 25.7. The standard InChI is InChI=1S/C13H10N4O3/c18-13(11-4-1-5-12(7-11)17(19)20)16-15-9-10-3-2-6-14-8-10/h1-9H,(H,16,18). The van der Waals surface area contributed by atoms with Crippen LogP contribution in [0.5, 0.6) is 0 Å². The van der Waals surface area contributed by atoms with Crippen molar-refractivity contribution in [3.8, 4) is 0 Å². The molecule has 1 amide bonds. The molecule has 1 aromatic carbocycles. The van der Waals surface area contributed by atoms with Crippen molar-refractivity contribution < 1.29 is 9.72 Å². The average molecular weight is 270 g/mol. The maximum atomic E-state index is 11.7. The lowest BCUT2D eigenvalue weighted by atomic mass is 10.2. The molecule has 20 heavy (non-hydrogen) atoms. The summed E-state index contributed by atoms with van der Waals surface area (Å²) in [6.07, 6.45) is 4.64. The third-order valence-corrected chi connectivity index (χ3v) is 2.38. The quantitative estimate of drug-likeness (QED) is 0.520. The molecular formula is C13H10N4O3. The minimum Gasteiger partial charge on any atom is -0.267 e. The molecule has 2 rings (SSSR count). The number of non-ortho nitro benzene ring substituents is 1. The summed E-state index contributed by atoms with van der Waals surface area (Å²) in [5.74, 6) is -0.520. The molecule has 1 aromatic heterocycles. The lowest BCUT2D eigenvalue weighted by molar-refractivity contribution is -0.384. The van der Waals surface area contributed by atoms with Gasteiger partial charge < -0.3 is 0 Å². The van der Waals surface area contributed by atoms with E-state index >= 15 is 0 Å². The molecule has 0 radical (unpaired) electrons. The highest BCUT2D eigenvalue weighted by Gasteiger charge is 2.10. The fourth-order valence-electron chi connectivity index (χ4n) is 1.44. The van der Waals surface area contributed by atoms with E-state index in [-0.39, 0.29) is 11.3 Å². The number of hydrazone groups is 1. The summed E-state index contributed by atoms with van der Waals surface area (Å²) in [6, 6.07) is 8.93. The number of amides is 1. The van der Waals surface area contributed by atoms with Crippen molar-refractivity contribution >= 4 is 17.8 Å². The first-order valence-corrected chi connectivity index (χ1v) is 5.65. The van der Waals surface area contributed by atoms with Crippen LogP contribution in [0.15, 0.2) is 53.9 Å². The molecule has 0 saturated heterocycles. The van der Waals surface area contributed by atoms with Crippen LogP contribution in [0.2, 0.25) is 0 Å². The molecule has 0 spiro atoms. The third kappa shape index (κ3) is 3.45. The van der Waals surface area contributed by atoms with E-state index in [0.29, 0.717) is 0 Å². The summed E-state index contributed by atoms with van der Waals surface area (Å²) in [5, 5.41) is 14.4. The highest BCUT2D eigenvalue weighted by Crippen LogP contribution is 2.12. The highest BCUT2D eigenvalue weighted by molar-refractivity contribution is 5.95. The van der Waals surface area contributed by atoms with Crippen LogP contribution in [0.1, 0.15) is 15.9 Å². The van der Waals surface area contributed by atoms with Gasteiger partial charge in [0, 0.05) is 35.7 Å². The van der Waals surface area contributed by atoms with E-state index in [4.69, 9.17) is 0 Å². The third-order valence-electron chi connectivity index (χ3n) is 2.38. The van der Waals surface area contributed by atoms with Gasteiger partial charge in [0.2, 0.25) is 0 Å². The molecular weight excluding hydrogens is 260 g/mol. The van der Waals surface area contributed by atoms with Gasteiger partial charge in [0.1, 0.15) is 0 Å². The van der Waals surface area contributed by atoms with E-state index < -0.39 is 10.8 Å². The van der Waals surface area contributed by atoms with Crippen LogP contribution in [-0.4, -0.2) is 22.0 Å². The molecule has 2 aromatic rings. The number of nitro groups is 1. The normalized spacial score (nSPS) is 10.4. The van der Waals surface area contributed by atoms with Crippen molar-refractivity contribution in [1.29, 1.82) is 0 Å². The second-order valence-corrected chi connectivity index (χ2v) is 3.79. The summed E-state index contributed by atoms with van der Waals surface area (Å²) in [6.45, 7) is 0. The van der Waals surface area contributed by atoms with Gasteiger partial charge in [-0.05, 0) is 12.1 Å². The van der Waals surface area contributed by atoms with Crippen molar-refractivity contribution in [3.63, 3.8) is 0 Å². The Morgan fingerprint density at radius 3 is 2.90 bits per heavy atom. The maximum absolute atomic E-state index is 11.7. The maximum Gasteiger partial charge on any atom is 0.271 e. The summed E-state index contributed by atoms with van der Waals surface area (Å²) < 4.78 is 0. The molecule has 0 fully saturated rings. The molecule has 7 nitrogen and oxygen atoms in total. The lowest BCUT2D eigenvalue weighted by Crippen LogP contribution is -2.17. The van der Waals surface area contributed by atoms with Gasteiger partial charge in [-0.15, -0.1) is 0 Å². The zero-order chi connectivity index (χ0) is 14.4. The van der Waals surface area contributed by atoms with Gasteiger partial charge in [0.15, 0.2) is 0 Å². The smallest absolute Gasteiger partial charge is 0.267 e.